The second-order valence-corrected chi connectivity index (χ2v) is 5.14. The van der Waals surface area contributed by atoms with Crippen LogP contribution in [0.15, 0.2) is 0 Å². The van der Waals surface area contributed by atoms with E-state index in [1.807, 2.05) is 0 Å². The number of esters is 1. The maximum Gasteiger partial charge on any atom is 0.317 e. The molecule has 0 aliphatic carbocycles. The average Bonchev–Trinajstić information content (AvgIpc) is 2.81. The predicted molar refractivity (Wildman–Crippen MR) is 72.1 cm³/mol. The molecule has 0 aromatic rings. The summed E-state index contributed by atoms with van der Waals surface area (Å²) in [5.74, 6) is -2.98. The van der Waals surface area contributed by atoms with Crippen molar-refractivity contribution in [1.82, 2.24) is 10.6 Å². The van der Waals surface area contributed by atoms with Crippen LogP contribution in [0.1, 0.15) is 20.8 Å². The van der Waals surface area contributed by atoms with Gasteiger partial charge in [0.2, 0.25) is 5.91 Å². The van der Waals surface area contributed by atoms with Crippen LogP contribution in [0.4, 0.5) is 0 Å². The molecule has 0 radical (unpaired) electrons. The van der Waals surface area contributed by atoms with E-state index in [2.05, 4.69) is 15.4 Å². The Labute approximate surface area is 123 Å². The molecule has 0 spiro atoms. The Morgan fingerprint density at radius 3 is 2.43 bits per heavy atom. The SMILES string of the molecule is COC(=O)C(C)C(=O)NCCNC(=O)[C@@H]1COC(C)(C)O1. The third-order valence-electron chi connectivity index (χ3n) is 2.97. The fourth-order valence-electron chi connectivity index (χ4n) is 1.74. The lowest BCUT2D eigenvalue weighted by atomic mass is 10.2. The van der Waals surface area contributed by atoms with Crippen molar-refractivity contribution in [2.24, 2.45) is 5.92 Å². The Morgan fingerprint density at radius 1 is 1.29 bits per heavy atom. The van der Waals surface area contributed by atoms with Gasteiger partial charge in [-0.05, 0) is 20.8 Å². The monoisotopic (exact) mass is 302 g/mol. The summed E-state index contributed by atoms with van der Waals surface area (Å²) < 4.78 is 15.1. The molecular weight excluding hydrogens is 280 g/mol. The number of nitrogens with one attached hydrogen (secondary N) is 2. The molecule has 2 atom stereocenters. The molecule has 1 rings (SSSR count). The number of carbonyl (C=O) groups excluding carboxylic acids is 3. The second kappa shape index (κ2) is 7.37. The van der Waals surface area contributed by atoms with Gasteiger partial charge >= 0.3 is 5.97 Å². The number of hydrogen-bond donors (Lipinski definition) is 2. The average molecular weight is 302 g/mol. The zero-order valence-electron chi connectivity index (χ0n) is 12.7. The lowest BCUT2D eigenvalue weighted by Crippen LogP contribution is -2.42. The highest BCUT2D eigenvalue weighted by Gasteiger charge is 2.36. The van der Waals surface area contributed by atoms with Crippen molar-refractivity contribution in [2.45, 2.75) is 32.7 Å². The van der Waals surface area contributed by atoms with Gasteiger partial charge in [0.05, 0.1) is 13.7 Å². The maximum atomic E-state index is 11.8. The third kappa shape index (κ3) is 5.31. The van der Waals surface area contributed by atoms with E-state index in [1.165, 1.54) is 14.0 Å². The fourth-order valence-corrected chi connectivity index (χ4v) is 1.74. The molecule has 0 saturated carbocycles. The highest BCUT2D eigenvalue weighted by atomic mass is 16.7. The van der Waals surface area contributed by atoms with Crippen LogP contribution in [0, 0.1) is 5.92 Å². The molecule has 0 bridgehead atoms. The summed E-state index contributed by atoms with van der Waals surface area (Å²) in [7, 11) is 1.22. The molecule has 2 N–H and O–H groups in total. The van der Waals surface area contributed by atoms with Crippen LogP contribution in [0.3, 0.4) is 0 Å². The topological polar surface area (TPSA) is 103 Å². The van der Waals surface area contributed by atoms with Crippen molar-refractivity contribution in [1.29, 1.82) is 0 Å². The maximum absolute atomic E-state index is 11.8. The van der Waals surface area contributed by atoms with Gasteiger partial charge in [-0.1, -0.05) is 0 Å². The zero-order valence-corrected chi connectivity index (χ0v) is 12.7. The molecule has 0 aromatic heterocycles. The van der Waals surface area contributed by atoms with E-state index in [0.717, 1.165) is 0 Å². The van der Waals surface area contributed by atoms with Gasteiger partial charge < -0.3 is 24.8 Å². The quantitative estimate of drug-likeness (QED) is 0.377. The Morgan fingerprint density at radius 2 is 1.90 bits per heavy atom. The van der Waals surface area contributed by atoms with E-state index in [-0.39, 0.29) is 25.6 Å². The van der Waals surface area contributed by atoms with Crippen LogP contribution in [0.25, 0.3) is 0 Å². The number of carbonyl (C=O) groups is 3. The van der Waals surface area contributed by atoms with Crippen LogP contribution in [-0.2, 0) is 28.6 Å². The van der Waals surface area contributed by atoms with Crippen molar-refractivity contribution < 1.29 is 28.6 Å². The standard InChI is InChI=1S/C13H22N2O6/c1-8(12(18)19-4)10(16)14-5-6-15-11(17)9-7-20-13(2,3)21-9/h8-9H,5-7H2,1-4H3,(H,14,16)(H,15,17)/t8?,9-/m0/s1. The van der Waals surface area contributed by atoms with Gasteiger partial charge in [0.15, 0.2) is 11.9 Å². The summed E-state index contributed by atoms with van der Waals surface area (Å²) in [6.07, 6.45) is -0.648. The van der Waals surface area contributed by atoms with Crippen LogP contribution >= 0.6 is 0 Å². The smallest absolute Gasteiger partial charge is 0.317 e. The van der Waals surface area contributed by atoms with Crippen LogP contribution in [0.2, 0.25) is 0 Å². The minimum atomic E-state index is -0.877. The Kier molecular flexibility index (Phi) is 6.10. The summed E-state index contributed by atoms with van der Waals surface area (Å²) in [5.41, 5.74) is 0. The molecule has 1 fully saturated rings. The number of rotatable bonds is 6. The van der Waals surface area contributed by atoms with E-state index in [0.29, 0.717) is 0 Å². The summed E-state index contributed by atoms with van der Waals surface area (Å²) >= 11 is 0. The van der Waals surface area contributed by atoms with E-state index in [9.17, 15) is 14.4 Å². The van der Waals surface area contributed by atoms with Gasteiger partial charge in [-0.3, -0.25) is 14.4 Å². The molecule has 1 aliphatic heterocycles. The number of hydrogen-bond acceptors (Lipinski definition) is 6. The number of methoxy groups -OCH3 is 1. The summed E-state index contributed by atoms with van der Waals surface area (Å²) in [4.78, 5) is 34.5. The lowest BCUT2D eigenvalue weighted by molar-refractivity contribution is -0.153. The molecule has 120 valence electrons. The summed E-state index contributed by atoms with van der Waals surface area (Å²) in [6.45, 7) is 5.56. The van der Waals surface area contributed by atoms with Crippen molar-refractivity contribution >= 4 is 17.8 Å². The first-order chi connectivity index (χ1) is 9.76. The van der Waals surface area contributed by atoms with E-state index in [4.69, 9.17) is 9.47 Å². The van der Waals surface area contributed by atoms with Gasteiger partial charge in [0.1, 0.15) is 5.92 Å². The summed E-state index contributed by atoms with van der Waals surface area (Å²) in [6, 6.07) is 0. The van der Waals surface area contributed by atoms with Gasteiger partial charge in [-0.2, -0.15) is 0 Å². The molecule has 8 nitrogen and oxygen atoms in total. The van der Waals surface area contributed by atoms with E-state index >= 15 is 0 Å². The first kappa shape index (κ1) is 17.4. The van der Waals surface area contributed by atoms with Crippen LogP contribution in [0.5, 0.6) is 0 Å². The third-order valence-corrected chi connectivity index (χ3v) is 2.97. The molecule has 1 heterocycles. The lowest BCUT2D eigenvalue weighted by Gasteiger charge is -2.17. The normalized spacial score (nSPS) is 21.4. The van der Waals surface area contributed by atoms with Crippen LogP contribution < -0.4 is 10.6 Å². The van der Waals surface area contributed by atoms with Crippen LogP contribution in [-0.4, -0.2) is 56.5 Å². The van der Waals surface area contributed by atoms with Gasteiger partial charge in [-0.15, -0.1) is 0 Å². The molecule has 21 heavy (non-hydrogen) atoms. The van der Waals surface area contributed by atoms with Gasteiger partial charge in [0, 0.05) is 13.1 Å². The van der Waals surface area contributed by atoms with Gasteiger partial charge in [0.25, 0.3) is 5.91 Å². The molecule has 1 unspecified atom stereocenters. The minimum Gasteiger partial charge on any atom is -0.468 e. The van der Waals surface area contributed by atoms with Crippen molar-refractivity contribution in [3.05, 3.63) is 0 Å². The molecular formula is C13H22N2O6. The highest BCUT2D eigenvalue weighted by Crippen LogP contribution is 2.21. The molecule has 2 amide bonds. The molecule has 1 aliphatic rings. The van der Waals surface area contributed by atoms with Crippen molar-refractivity contribution in [3.8, 4) is 0 Å². The second-order valence-electron chi connectivity index (χ2n) is 5.14. The highest BCUT2D eigenvalue weighted by molar-refractivity contribution is 5.97. The molecule has 1 saturated heterocycles. The van der Waals surface area contributed by atoms with E-state index < -0.39 is 29.7 Å². The fraction of sp³-hybridized carbons (Fsp3) is 0.769. The van der Waals surface area contributed by atoms with Crippen molar-refractivity contribution in [3.63, 3.8) is 0 Å². The summed E-state index contributed by atoms with van der Waals surface area (Å²) in [5, 5.41) is 5.16. The zero-order chi connectivity index (χ0) is 16.0. The Hall–Kier alpha value is -1.67. The molecule has 0 aromatic carbocycles. The Balaban J connectivity index is 2.21. The number of amides is 2. The van der Waals surface area contributed by atoms with E-state index in [1.54, 1.807) is 13.8 Å². The Bertz CT molecular complexity index is 409. The largest absolute Gasteiger partial charge is 0.468 e. The number of ether oxygens (including phenoxy) is 3. The van der Waals surface area contributed by atoms with Gasteiger partial charge in [-0.25, -0.2) is 0 Å². The first-order valence-electron chi connectivity index (χ1n) is 6.72. The minimum absolute atomic E-state index is 0.199. The first-order valence-corrected chi connectivity index (χ1v) is 6.72. The molecule has 8 heteroatoms. The predicted octanol–water partition coefficient (Wildman–Crippen LogP) is -0.821. The van der Waals surface area contributed by atoms with Crippen molar-refractivity contribution in [2.75, 3.05) is 26.8 Å².